The third kappa shape index (κ3) is 8.43. The average molecular weight is 472 g/mol. The monoisotopic (exact) mass is 472 g/mol. The summed E-state index contributed by atoms with van der Waals surface area (Å²) >= 11 is 0. The van der Waals surface area contributed by atoms with Crippen LogP contribution in [0.25, 0.3) is 0 Å². The Balaban J connectivity index is 1.98. The molecule has 0 fully saturated rings. The summed E-state index contributed by atoms with van der Waals surface area (Å²) in [6, 6.07) is 11.9. The van der Waals surface area contributed by atoms with E-state index in [0.717, 1.165) is 0 Å². The molecule has 11 heteroatoms. The van der Waals surface area contributed by atoms with E-state index in [9.17, 15) is 14.4 Å². The van der Waals surface area contributed by atoms with E-state index in [0.29, 0.717) is 29.4 Å². The molecule has 0 atom stereocenters. The number of ether oxygens (including phenoxy) is 4. The summed E-state index contributed by atoms with van der Waals surface area (Å²) in [6.07, 6.45) is 1.28. The van der Waals surface area contributed by atoms with Gasteiger partial charge in [-0.1, -0.05) is 6.07 Å². The highest BCUT2D eigenvalue weighted by atomic mass is 16.5. The van der Waals surface area contributed by atoms with Crippen LogP contribution < -0.4 is 30.3 Å². The molecule has 2 aromatic rings. The molecule has 3 N–H and O–H groups in total. The molecule has 11 nitrogen and oxygen atoms in total. The molecule has 0 bridgehead atoms. The number of methoxy groups -OCH3 is 2. The van der Waals surface area contributed by atoms with E-state index in [1.807, 2.05) is 6.92 Å². The molecule has 0 spiro atoms. The van der Waals surface area contributed by atoms with Gasteiger partial charge in [-0.15, -0.1) is 0 Å². The predicted molar refractivity (Wildman–Crippen MR) is 125 cm³/mol. The van der Waals surface area contributed by atoms with Gasteiger partial charge in [0, 0.05) is 24.9 Å². The van der Waals surface area contributed by atoms with Crippen LogP contribution in [0.3, 0.4) is 0 Å². The Morgan fingerprint density at radius 2 is 1.76 bits per heavy atom. The maximum atomic E-state index is 12.3. The van der Waals surface area contributed by atoms with Crippen molar-refractivity contribution >= 4 is 29.6 Å². The van der Waals surface area contributed by atoms with Crippen LogP contribution >= 0.6 is 0 Å². The van der Waals surface area contributed by atoms with E-state index in [4.69, 9.17) is 18.9 Å². The summed E-state index contributed by atoms with van der Waals surface area (Å²) in [4.78, 5) is 35.8. The normalized spacial score (nSPS) is 10.4. The minimum atomic E-state index is -0.938. The smallest absolute Gasteiger partial charge is 0.329 e. The Kier molecular flexibility index (Phi) is 10.8. The summed E-state index contributed by atoms with van der Waals surface area (Å²) in [5.41, 5.74) is 3.14. The van der Waals surface area contributed by atoms with Gasteiger partial charge >= 0.3 is 11.8 Å². The van der Waals surface area contributed by atoms with Crippen LogP contribution in [-0.2, 0) is 19.1 Å². The van der Waals surface area contributed by atoms with E-state index in [1.54, 1.807) is 42.5 Å². The second-order valence-electron chi connectivity index (χ2n) is 6.62. The quantitative estimate of drug-likeness (QED) is 0.183. The van der Waals surface area contributed by atoms with Gasteiger partial charge in [0.1, 0.15) is 5.75 Å². The lowest BCUT2D eigenvalue weighted by Gasteiger charge is -2.13. The lowest BCUT2D eigenvalue weighted by atomic mass is 10.2. The van der Waals surface area contributed by atoms with E-state index in [2.05, 4.69) is 21.2 Å². The van der Waals surface area contributed by atoms with Crippen molar-refractivity contribution in [1.82, 2.24) is 10.7 Å². The van der Waals surface area contributed by atoms with Crippen molar-refractivity contribution in [2.24, 2.45) is 5.10 Å². The highest BCUT2D eigenvalue weighted by molar-refractivity contribution is 6.35. The van der Waals surface area contributed by atoms with Crippen molar-refractivity contribution in [3.05, 3.63) is 48.0 Å². The first-order valence-corrected chi connectivity index (χ1v) is 10.4. The van der Waals surface area contributed by atoms with Gasteiger partial charge in [0.15, 0.2) is 18.1 Å². The number of carbonyl (C=O) groups is 3. The molecule has 3 amide bonds. The van der Waals surface area contributed by atoms with Crippen LogP contribution in [0.5, 0.6) is 17.2 Å². The van der Waals surface area contributed by atoms with Crippen LogP contribution in [0, 0.1) is 0 Å². The van der Waals surface area contributed by atoms with Crippen LogP contribution in [0.4, 0.5) is 5.69 Å². The fourth-order valence-electron chi connectivity index (χ4n) is 2.64. The zero-order chi connectivity index (χ0) is 24.8. The summed E-state index contributed by atoms with van der Waals surface area (Å²) in [6.45, 7) is 2.61. The van der Waals surface area contributed by atoms with Crippen molar-refractivity contribution in [2.45, 2.75) is 6.92 Å². The van der Waals surface area contributed by atoms with Gasteiger partial charge in [-0.05, 0) is 43.3 Å². The van der Waals surface area contributed by atoms with Gasteiger partial charge in [-0.3, -0.25) is 14.4 Å². The number of amides is 3. The number of hydrogen-bond donors (Lipinski definition) is 3. The van der Waals surface area contributed by atoms with Gasteiger partial charge in [0.05, 0.1) is 26.5 Å². The minimum Gasteiger partial charge on any atom is -0.494 e. The number of benzene rings is 2. The average Bonchev–Trinajstić information content (AvgIpc) is 2.84. The molecule has 0 unspecified atom stereocenters. The van der Waals surface area contributed by atoms with E-state index < -0.39 is 11.8 Å². The van der Waals surface area contributed by atoms with Gasteiger partial charge in [-0.2, -0.15) is 5.10 Å². The van der Waals surface area contributed by atoms with Crippen molar-refractivity contribution in [1.29, 1.82) is 0 Å². The number of rotatable bonds is 12. The number of hydrogen-bond acceptors (Lipinski definition) is 8. The molecular formula is C23H28N4O7. The molecule has 0 radical (unpaired) electrons. The van der Waals surface area contributed by atoms with Gasteiger partial charge < -0.3 is 29.6 Å². The molecule has 0 aliphatic rings. The first kappa shape index (κ1) is 26.1. The molecule has 0 aromatic heterocycles. The van der Waals surface area contributed by atoms with E-state index >= 15 is 0 Å². The number of anilines is 1. The Morgan fingerprint density at radius 1 is 1.00 bits per heavy atom. The fourth-order valence-corrected chi connectivity index (χ4v) is 2.64. The number of nitrogens with one attached hydrogen (secondary N) is 3. The van der Waals surface area contributed by atoms with Crippen molar-refractivity contribution < 1.29 is 33.3 Å². The highest BCUT2D eigenvalue weighted by Crippen LogP contribution is 2.30. The number of hydrazone groups is 1. The SMILES string of the molecule is CCOc1ccc(NC(=O)COc2c(/C=N\NC(=O)C(=O)NCCOC)cccc2OC)cc1. The third-order valence-corrected chi connectivity index (χ3v) is 4.19. The van der Waals surface area contributed by atoms with Gasteiger partial charge in [-0.25, -0.2) is 5.43 Å². The van der Waals surface area contributed by atoms with Crippen LogP contribution in [0.2, 0.25) is 0 Å². The van der Waals surface area contributed by atoms with Crippen molar-refractivity contribution in [3.8, 4) is 17.2 Å². The van der Waals surface area contributed by atoms with E-state index in [-0.39, 0.29) is 31.4 Å². The Morgan fingerprint density at radius 3 is 2.44 bits per heavy atom. The third-order valence-electron chi connectivity index (χ3n) is 4.19. The number of para-hydroxylation sites is 1. The Labute approximate surface area is 197 Å². The topological polar surface area (TPSA) is 137 Å². The summed E-state index contributed by atoms with van der Waals surface area (Å²) in [5, 5.41) is 8.88. The van der Waals surface area contributed by atoms with Crippen molar-refractivity contribution in [2.75, 3.05) is 45.9 Å². The molecule has 182 valence electrons. The van der Waals surface area contributed by atoms with Crippen LogP contribution in [-0.4, -0.2) is 64.5 Å². The standard InChI is InChI=1S/C23H28N4O7/c1-4-33-18-10-8-17(9-11-18)26-20(28)15-34-21-16(6-5-7-19(21)32-3)14-25-27-23(30)22(29)24-12-13-31-2/h5-11,14H,4,12-13,15H2,1-3H3,(H,24,29)(H,26,28)(H,27,30)/b25-14-. The number of nitrogens with zero attached hydrogens (tertiary/aromatic N) is 1. The first-order valence-electron chi connectivity index (χ1n) is 10.4. The molecule has 2 rings (SSSR count). The predicted octanol–water partition coefficient (Wildman–Crippen LogP) is 1.32. The van der Waals surface area contributed by atoms with Gasteiger partial charge in [0.25, 0.3) is 5.91 Å². The zero-order valence-corrected chi connectivity index (χ0v) is 19.3. The Bertz CT molecular complexity index is 993. The minimum absolute atomic E-state index is 0.194. The fraction of sp³-hybridized carbons (Fsp3) is 0.304. The lowest BCUT2D eigenvalue weighted by molar-refractivity contribution is -0.139. The largest absolute Gasteiger partial charge is 0.494 e. The molecule has 2 aromatic carbocycles. The molecule has 0 saturated carbocycles. The lowest BCUT2D eigenvalue weighted by Crippen LogP contribution is -2.39. The van der Waals surface area contributed by atoms with Crippen molar-refractivity contribution in [3.63, 3.8) is 0 Å². The molecule has 34 heavy (non-hydrogen) atoms. The Hall–Kier alpha value is -4.12. The molecular weight excluding hydrogens is 444 g/mol. The second-order valence-corrected chi connectivity index (χ2v) is 6.62. The molecule has 0 aliphatic heterocycles. The highest BCUT2D eigenvalue weighted by Gasteiger charge is 2.14. The van der Waals surface area contributed by atoms with Crippen LogP contribution in [0.1, 0.15) is 12.5 Å². The second kappa shape index (κ2) is 14.1. The molecule has 0 saturated heterocycles. The molecule has 0 heterocycles. The van der Waals surface area contributed by atoms with Gasteiger partial charge in [0.2, 0.25) is 0 Å². The first-order chi connectivity index (χ1) is 16.5. The molecule has 0 aliphatic carbocycles. The van der Waals surface area contributed by atoms with E-state index in [1.165, 1.54) is 20.4 Å². The summed E-state index contributed by atoms with van der Waals surface area (Å²) < 4.78 is 21.1. The maximum Gasteiger partial charge on any atom is 0.329 e. The van der Waals surface area contributed by atoms with Crippen LogP contribution in [0.15, 0.2) is 47.6 Å². The summed E-state index contributed by atoms with van der Waals surface area (Å²) in [7, 11) is 2.93. The summed E-state index contributed by atoms with van der Waals surface area (Å²) in [5.74, 6) is -0.862. The maximum absolute atomic E-state index is 12.3. The number of carbonyl (C=O) groups excluding carboxylic acids is 3. The zero-order valence-electron chi connectivity index (χ0n) is 19.3.